The molecule has 2 aromatic carbocycles. The highest BCUT2D eigenvalue weighted by atomic mass is 16.5. The molecule has 1 unspecified atom stereocenters. The Balaban J connectivity index is 1.77. The number of aromatic amines is 1. The lowest BCUT2D eigenvalue weighted by atomic mass is 10.1. The first-order chi connectivity index (χ1) is 12.5. The van der Waals surface area contributed by atoms with Crippen LogP contribution in [0.15, 0.2) is 54.7 Å². The van der Waals surface area contributed by atoms with Crippen molar-refractivity contribution in [3.05, 3.63) is 65.9 Å². The van der Waals surface area contributed by atoms with Gasteiger partial charge in [-0.1, -0.05) is 36.4 Å². The maximum Gasteiger partial charge on any atom is 0.328 e. The van der Waals surface area contributed by atoms with Crippen molar-refractivity contribution in [2.24, 2.45) is 5.73 Å². The lowest BCUT2D eigenvalue weighted by molar-refractivity contribution is -0.135. The summed E-state index contributed by atoms with van der Waals surface area (Å²) in [6.45, 7) is 0.919. The number of benzene rings is 2. The molecule has 0 aliphatic heterocycles. The summed E-state index contributed by atoms with van der Waals surface area (Å²) in [5, 5.41) is 0.953. The largest absolute Gasteiger partial charge is 0.425 e. The van der Waals surface area contributed by atoms with Crippen molar-refractivity contribution < 1.29 is 9.53 Å². The summed E-state index contributed by atoms with van der Waals surface area (Å²) in [7, 11) is 4.08. The molecule has 3 rings (SSSR count). The summed E-state index contributed by atoms with van der Waals surface area (Å²) >= 11 is 0. The third-order valence-corrected chi connectivity index (χ3v) is 4.39. The predicted octanol–water partition coefficient (Wildman–Crippen LogP) is 2.75. The number of nitrogens with one attached hydrogen (secondary N) is 1. The van der Waals surface area contributed by atoms with Crippen LogP contribution < -0.4 is 10.5 Å². The van der Waals surface area contributed by atoms with Gasteiger partial charge in [0.15, 0.2) is 0 Å². The van der Waals surface area contributed by atoms with E-state index in [2.05, 4.69) is 9.88 Å². The minimum Gasteiger partial charge on any atom is -0.425 e. The minimum absolute atomic E-state index is 0.416. The van der Waals surface area contributed by atoms with Crippen LogP contribution in [0.5, 0.6) is 5.75 Å². The Kier molecular flexibility index (Phi) is 5.71. The lowest BCUT2D eigenvalue weighted by Gasteiger charge is -2.13. The Morgan fingerprint density at radius 1 is 1.15 bits per heavy atom. The maximum absolute atomic E-state index is 12.5. The molecule has 1 atom stereocenters. The van der Waals surface area contributed by atoms with E-state index in [4.69, 9.17) is 10.5 Å². The van der Waals surface area contributed by atoms with E-state index < -0.39 is 12.0 Å². The summed E-state index contributed by atoms with van der Waals surface area (Å²) in [6, 6.07) is 14.7. The van der Waals surface area contributed by atoms with E-state index in [1.165, 1.54) is 0 Å². The normalized spacial score (nSPS) is 12.5. The van der Waals surface area contributed by atoms with Crippen LogP contribution in [0.2, 0.25) is 0 Å². The molecule has 0 bridgehead atoms. The van der Waals surface area contributed by atoms with Crippen LogP contribution in [0.25, 0.3) is 10.9 Å². The second-order valence-corrected chi connectivity index (χ2v) is 6.76. The van der Waals surface area contributed by atoms with E-state index in [9.17, 15) is 4.79 Å². The van der Waals surface area contributed by atoms with Crippen LogP contribution in [0.1, 0.15) is 11.1 Å². The number of hydrogen-bond donors (Lipinski definition) is 2. The maximum atomic E-state index is 12.5. The van der Waals surface area contributed by atoms with E-state index in [1.807, 2.05) is 68.8 Å². The van der Waals surface area contributed by atoms with Crippen molar-refractivity contribution in [1.82, 2.24) is 9.88 Å². The first kappa shape index (κ1) is 18.2. The fraction of sp³-hybridized carbons (Fsp3) is 0.286. The molecule has 0 amide bonds. The molecule has 5 heteroatoms. The molecule has 0 spiro atoms. The number of esters is 1. The highest BCUT2D eigenvalue weighted by Crippen LogP contribution is 2.29. The molecule has 3 N–H and O–H groups in total. The Bertz CT molecular complexity index is 871. The number of rotatable bonds is 7. The molecule has 0 fully saturated rings. The van der Waals surface area contributed by atoms with Gasteiger partial charge in [0.2, 0.25) is 0 Å². The molecule has 136 valence electrons. The van der Waals surface area contributed by atoms with Crippen molar-refractivity contribution >= 4 is 16.9 Å². The molecule has 26 heavy (non-hydrogen) atoms. The van der Waals surface area contributed by atoms with Gasteiger partial charge >= 0.3 is 5.97 Å². The standard InChI is InChI=1S/C21H25N3O2/c1-24(2)12-11-16-14-23-18-9-6-10-19(20(16)18)26-21(25)17(22)13-15-7-4-3-5-8-15/h3-10,14,17,23H,11-13,22H2,1-2H3. The molecule has 0 saturated heterocycles. The van der Waals surface area contributed by atoms with Gasteiger partial charge in [-0.3, -0.25) is 0 Å². The van der Waals surface area contributed by atoms with Crippen molar-refractivity contribution in [1.29, 1.82) is 0 Å². The van der Waals surface area contributed by atoms with Gasteiger partial charge in [-0.05, 0) is 50.2 Å². The van der Waals surface area contributed by atoms with Crippen LogP contribution in [0, 0.1) is 0 Å². The topological polar surface area (TPSA) is 71.3 Å². The quantitative estimate of drug-likeness (QED) is 0.507. The second-order valence-electron chi connectivity index (χ2n) is 6.76. The molecular formula is C21H25N3O2. The Morgan fingerprint density at radius 2 is 1.92 bits per heavy atom. The SMILES string of the molecule is CN(C)CCc1c[nH]c2cccc(OC(=O)C(N)Cc3ccccc3)c12. The molecular weight excluding hydrogens is 326 g/mol. The molecule has 0 aliphatic rings. The summed E-state index contributed by atoms with van der Waals surface area (Å²) in [5.41, 5.74) is 9.17. The summed E-state index contributed by atoms with van der Waals surface area (Å²) in [6.07, 6.45) is 3.31. The first-order valence-corrected chi connectivity index (χ1v) is 8.79. The fourth-order valence-electron chi connectivity index (χ4n) is 2.98. The average Bonchev–Trinajstić information content (AvgIpc) is 3.05. The molecule has 0 radical (unpaired) electrons. The highest BCUT2D eigenvalue weighted by molar-refractivity contribution is 5.92. The van der Waals surface area contributed by atoms with Crippen LogP contribution in [-0.4, -0.2) is 42.5 Å². The smallest absolute Gasteiger partial charge is 0.328 e. The van der Waals surface area contributed by atoms with Crippen molar-refractivity contribution in [3.63, 3.8) is 0 Å². The Morgan fingerprint density at radius 3 is 2.65 bits per heavy atom. The Labute approximate surface area is 153 Å². The number of nitrogens with two attached hydrogens (primary N) is 1. The third-order valence-electron chi connectivity index (χ3n) is 4.39. The zero-order valence-corrected chi connectivity index (χ0v) is 15.2. The first-order valence-electron chi connectivity index (χ1n) is 8.79. The number of fused-ring (bicyclic) bond motifs is 1. The van der Waals surface area contributed by atoms with Gasteiger partial charge in [-0.2, -0.15) is 0 Å². The minimum atomic E-state index is -0.697. The van der Waals surface area contributed by atoms with Gasteiger partial charge in [-0.15, -0.1) is 0 Å². The summed E-state index contributed by atoms with van der Waals surface area (Å²) in [4.78, 5) is 17.9. The zero-order chi connectivity index (χ0) is 18.5. The van der Waals surface area contributed by atoms with Crippen LogP contribution in [0.3, 0.4) is 0 Å². The van der Waals surface area contributed by atoms with Crippen LogP contribution >= 0.6 is 0 Å². The molecule has 1 heterocycles. The van der Waals surface area contributed by atoms with Crippen LogP contribution in [0.4, 0.5) is 0 Å². The van der Waals surface area contributed by atoms with Gasteiger partial charge < -0.3 is 20.4 Å². The molecule has 3 aromatic rings. The number of carbonyl (C=O) groups is 1. The second kappa shape index (κ2) is 8.17. The van der Waals surface area contributed by atoms with E-state index in [0.717, 1.165) is 35.0 Å². The van der Waals surface area contributed by atoms with E-state index in [-0.39, 0.29) is 0 Å². The average molecular weight is 351 g/mol. The van der Waals surface area contributed by atoms with Gasteiger partial charge in [0.05, 0.1) is 0 Å². The molecule has 1 aromatic heterocycles. The summed E-state index contributed by atoms with van der Waals surface area (Å²) in [5.74, 6) is 0.145. The van der Waals surface area contributed by atoms with Crippen LogP contribution in [-0.2, 0) is 17.6 Å². The number of likely N-dealkylation sites (N-methyl/N-ethyl adjacent to an activating group) is 1. The number of carbonyl (C=O) groups excluding carboxylic acids is 1. The van der Waals surface area contributed by atoms with Gasteiger partial charge in [0.25, 0.3) is 0 Å². The van der Waals surface area contributed by atoms with Crippen molar-refractivity contribution in [2.75, 3.05) is 20.6 Å². The van der Waals surface area contributed by atoms with Gasteiger partial charge in [-0.25, -0.2) is 4.79 Å². The van der Waals surface area contributed by atoms with E-state index in [1.54, 1.807) is 0 Å². The fourth-order valence-corrected chi connectivity index (χ4v) is 2.98. The van der Waals surface area contributed by atoms with E-state index in [0.29, 0.717) is 12.2 Å². The molecule has 0 saturated carbocycles. The summed E-state index contributed by atoms with van der Waals surface area (Å²) < 4.78 is 5.67. The monoisotopic (exact) mass is 351 g/mol. The van der Waals surface area contributed by atoms with E-state index >= 15 is 0 Å². The van der Waals surface area contributed by atoms with Gasteiger partial charge in [0.1, 0.15) is 11.8 Å². The lowest BCUT2D eigenvalue weighted by Crippen LogP contribution is -2.36. The third kappa shape index (κ3) is 4.31. The number of ether oxygens (including phenoxy) is 1. The Hall–Kier alpha value is -2.63. The number of aromatic nitrogens is 1. The van der Waals surface area contributed by atoms with Crippen molar-refractivity contribution in [2.45, 2.75) is 18.9 Å². The zero-order valence-electron chi connectivity index (χ0n) is 15.2. The number of hydrogen-bond acceptors (Lipinski definition) is 4. The predicted molar refractivity (Wildman–Crippen MR) is 104 cm³/mol. The number of nitrogens with zero attached hydrogens (tertiary/aromatic N) is 1. The highest BCUT2D eigenvalue weighted by Gasteiger charge is 2.19. The molecule has 5 nitrogen and oxygen atoms in total. The van der Waals surface area contributed by atoms with Crippen molar-refractivity contribution in [3.8, 4) is 5.75 Å². The van der Waals surface area contributed by atoms with Gasteiger partial charge in [0, 0.05) is 23.6 Å². The number of H-pyrrole nitrogens is 1. The molecule has 0 aliphatic carbocycles.